The molecule has 4 nitrogen and oxygen atoms in total. The van der Waals surface area contributed by atoms with E-state index in [1.165, 1.54) is 0 Å². The standard InChI is InChI=1S/C20H25NO3/c1-4-18(15-21(5-2)17-9-7-6-8-10-17)24-20(22)16-11-13-19(23-3)14-12-16/h6-14,18H,4-5,15H2,1-3H3. The van der Waals surface area contributed by atoms with Gasteiger partial charge < -0.3 is 14.4 Å². The predicted octanol–water partition coefficient (Wildman–Crippen LogP) is 4.16. The normalized spacial score (nSPS) is 11.6. The Labute approximate surface area is 144 Å². The van der Waals surface area contributed by atoms with Crippen molar-refractivity contribution in [2.45, 2.75) is 26.4 Å². The number of nitrogens with zero attached hydrogens (tertiary/aromatic N) is 1. The highest BCUT2D eigenvalue weighted by Gasteiger charge is 2.17. The molecule has 0 bridgehead atoms. The van der Waals surface area contributed by atoms with Crippen LogP contribution in [0.25, 0.3) is 0 Å². The summed E-state index contributed by atoms with van der Waals surface area (Å²) in [5.74, 6) is 0.424. The van der Waals surface area contributed by atoms with Gasteiger partial charge in [-0.3, -0.25) is 0 Å². The molecule has 1 atom stereocenters. The minimum atomic E-state index is -0.298. The second-order valence-corrected chi connectivity index (χ2v) is 5.54. The Kier molecular flexibility index (Phi) is 6.67. The molecule has 0 aromatic heterocycles. The van der Waals surface area contributed by atoms with E-state index in [2.05, 4.69) is 24.0 Å². The van der Waals surface area contributed by atoms with Crippen LogP contribution in [-0.2, 0) is 4.74 Å². The first-order valence-electron chi connectivity index (χ1n) is 8.33. The molecule has 0 aliphatic rings. The van der Waals surface area contributed by atoms with E-state index in [0.29, 0.717) is 12.1 Å². The maximum absolute atomic E-state index is 12.3. The zero-order chi connectivity index (χ0) is 17.4. The van der Waals surface area contributed by atoms with Gasteiger partial charge in [0.1, 0.15) is 11.9 Å². The first-order chi connectivity index (χ1) is 11.7. The molecule has 24 heavy (non-hydrogen) atoms. The van der Waals surface area contributed by atoms with Gasteiger partial charge in [0.25, 0.3) is 0 Å². The highest BCUT2D eigenvalue weighted by Crippen LogP contribution is 2.17. The smallest absolute Gasteiger partial charge is 0.338 e. The van der Waals surface area contributed by atoms with Crippen molar-refractivity contribution in [3.05, 3.63) is 60.2 Å². The lowest BCUT2D eigenvalue weighted by molar-refractivity contribution is 0.0309. The van der Waals surface area contributed by atoms with Gasteiger partial charge in [0, 0.05) is 12.2 Å². The summed E-state index contributed by atoms with van der Waals surface area (Å²) in [4.78, 5) is 14.6. The molecule has 0 amide bonds. The van der Waals surface area contributed by atoms with Crippen LogP contribution >= 0.6 is 0 Å². The average Bonchev–Trinajstić information content (AvgIpc) is 2.65. The fraction of sp³-hybridized carbons (Fsp3) is 0.350. The number of likely N-dealkylation sites (N-methyl/N-ethyl adjacent to an activating group) is 1. The molecule has 128 valence electrons. The summed E-state index contributed by atoms with van der Waals surface area (Å²) in [5, 5.41) is 0. The third-order valence-corrected chi connectivity index (χ3v) is 3.98. The van der Waals surface area contributed by atoms with Crippen LogP contribution in [0.2, 0.25) is 0 Å². The Morgan fingerprint density at radius 3 is 2.25 bits per heavy atom. The zero-order valence-electron chi connectivity index (χ0n) is 14.6. The Morgan fingerprint density at radius 1 is 1.04 bits per heavy atom. The molecule has 2 aromatic rings. The maximum atomic E-state index is 12.3. The Hall–Kier alpha value is -2.49. The highest BCUT2D eigenvalue weighted by atomic mass is 16.5. The molecule has 0 radical (unpaired) electrons. The molecule has 0 aliphatic carbocycles. The van der Waals surface area contributed by atoms with Gasteiger partial charge in [0.05, 0.1) is 19.2 Å². The number of esters is 1. The lowest BCUT2D eigenvalue weighted by Gasteiger charge is -2.27. The minimum absolute atomic E-state index is 0.153. The van der Waals surface area contributed by atoms with Gasteiger partial charge in [-0.05, 0) is 49.7 Å². The Balaban J connectivity index is 2.01. The van der Waals surface area contributed by atoms with E-state index in [1.807, 2.05) is 25.1 Å². The number of ether oxygens (including phenoxy) is 2. The van der Waals surface area contributed by atoms with Gasteiger partial charge in [-0.1, -0.05) is 25.1 Å². The number of para-hydroxylation sites is 1. The molecular weight excluding hydrogens is 302 g/mol. The van der Waals surface area contributed by atoms with Crippen LogP contribution in [0.5, 0.6) is 5.75 Å². The minimum Gasteiger partial charge on any atom is -0.497 e. The van der Waals surface area contributed by atoms with Crippen molar-refractivity contribution in [2.75, 3.05) is 25.1 Å². The third-order valence-electron chi connectivity index (χ3n) is 3.98. The van der Waals surface area contributed by atoms with E-state index in [1.54, 1.807) is 31.4 Å². The molecule has 2 aromatic carbocycles. The van der Waals surface area contributed by atoms with Gasteiger partial charge in [-0.25, -0.2) is 4.79 Å². The predicted molar refractivity (Wildman–Crippen MR) is 96.8 cm³/mol. The quantitative estimate of drug-likeness (QED) is 0.683. The first kappa shape index (κ1) is 17.9. The number of hydrogen-bond acceptors (Lipinski definition) is 4. The molecule has 0 saturated heterocycles. The average molecular weight is 327 g/mol. The summed E-state index contributed by atoms with van der Waals surface area (Å²) in [5.41, 5.74) is 1.68. The van der Waals surface area contributed by atoms with Crippen LogP contribution in [0.3, 0.4) is 0 Å². The van der Waals surface area contributed by atoms with Gasteiger partial charge in [-0.15, -0.1) is 0 Å². The van der Waals surface area contributed by atoms with Crippen LogP contribution < -0.4 is 9.64 Å². The van der Waals surface area contributed by atoms with Crippen molar-refractivity contribution in [3.8, 4) is 5.75 Å². The summed E-state index contributed by atoms with van der Waals surface area (Å²) >= 11 is 0. The summed E-state index contributed by atoms with van der Waals surface area (Å²) in [6, 6.07) is 17.1. The number of carbonyl (C=O) groups excluding carboxylic acids is 1. The van der Waals surface area contributed by atoms with E-state index < -0.39 is 0 Å². The first-order valence-corrected chi connectivity index (χ1v) is 8.33. The van der Waals surface area contributed by atoms with Gasteiger partial charge in [0.15, 0.2) is 0 Å². The van der Waals surface area contributed by atoms with Crippen molar-refractivity contribution < 1.29 is 14.3 Å². The van der Waals surface area contributed by atoms with Gasteiger partial charge >= 0.3 is 5.97 Å². The van der Waals surface area contributed by atoms with Crippen molar-refractivity contribution in [1.29, 1.82) is 0 Å². The van der Waals surface area contributed by atoms with Crippen molar-refractivity contribution in [2.24, 2.45) is 0 Å². The van der Waals surface area contributed by atoms with Crippen molar-refractivity contribution in [3.63, 3.8) is 0 Å². The topological polar surface area (TPSA) is 38.8 Å². The molecule has 0 spiro atoms. The molecule has 0 heterocycles. The lowest BCUT2D eigenvalue weighted by atomic mass is 10.2. The third kappa shape index (κ3) is 4.75. The molecule has 0 saturated carbocycles. The summed E-state index contributed by atoms with van der Waals surface area (Å²) in [7, 11) is 1.60. The summed E-state index contributed by atoms with van der Waals surface area (Å²) in [6.45, 7) is 5.68. The SMILES string of the molecule is CCC(CN(CC)c1ccccc1)OC(=O)c1ccc(OC)cc1. The molecule has 4 heteroatoms. The largest absolute Gasteiger partial charge is 0.497 e. The Bertz CT molecular complexity index is 625. The van der Waals surface area contributed by atoms with E-state index >= 15 is 0 Å². The number of hydrogen-bond donors (Lipinski definition) is 0. The molecule has 0 fully saturated rings. The molecule has 2 rings (SSSR count). The van der Waals surface area contributed by atoms with Crippen LogP contribution in [0.15, 0.2) is 54.6 Å². The number of rotatable bonds is 8. The van der Waals surface area contributed by atoms with Crippen molar-refractivity contribution >= 4 is 11.7 Å². The number of methoxy groups -OCH3 is 1. The molecule has 0 aliphatic heterocycles. The van der Waals surface area contributed by atoms with E-state index in [0.717, 1.165) is 24.4 Å². The second-order valence-electron chi connectivity index (χ2n) is 5.54. The van der Waals surface area contributed by atoms with Crippen LogP contribution in [-0.4, -0.2) is 32.3 Å². The highest BCUT2D eigenvalue weighted by molar-refractivity contribution is 5.89. The van der Waals surface area contributed by atoms with Crippen LogP contribution in [0.1, 0.15) is 30.6 Å². The number of benzene rings is 2. The van der Waals surface area contributed by atoms with Crippen LogP contribution in [0, 0.1) is 0 Å². The molecule has 1 unspecified atom stereocenters. The van der Waals surface area contributed by atoms with E-state index in [9.17, 15) is 4.79 Å². The number of carbonyl (C=O) groups is 1. The zero-order valence-corrected chi connectivity index (χ0v) is 14.6. The Morgan fingerprint density at radius 2 is 1.71 bits per heavy atom. The lowest BCUT2D eigenvalue weighted by Crippen LogP contribution is -2.35. The van der Waals surface area contributed by atoms with Crippen LogP contribution in [0.4, 0.5) is 5.69 Å². The summed E-state index contributed by atoms with van der Waals surface area (Å²) < 4.78 is 10.8. The fourth-order valence-corrected chi connectivity index (χ4v) is 2.50. The number of anilines is 1. The summed E-state index contributed by atoms with van der Waals surface area (Å²) in [6.07, 6.45) is 0.616. The molecular formula is C20H25NO3. The van der Waals surface area contributed by atoms with E-state index in [-0.39, 0.29) is 12.1 Å². The van der Waals surface area contributed by atoms with Gasteiger partial charge in [0.2, 0.25) is 0 Å². The second kappa shape index (κ2) is 8.96. The van der Waals surface area contributed by atoms with E-state index in [4.69, 9.17) is 9.47 Å². The fourth-order valence-electron chi connectivity index (χ4n) is 2.50. The monoisotopic (exact) mass is 327 g/mol. The van der Waals surface area contributed by atoms with Gasteiger partial charge in [-0.2, -0.15) is 0 Å². The van der Waals surface area contributed by atoms with Crippen molar-refractivity contribution in [1.82, 2.24) is 0 Å². The maximum Gasteiger partial charge on any atom is 0.338 e. The molecule has 0 N–H and O–H groups in total.